The zero-order chi connectivity index (χ0) is 10.1. The fraction of sp³-hybridized carbons (Fsp3) is 0.455. The van der Waals surface area contributed by atoms with Gasteiger partial charge < -0.3 is 0 Å². The Labute approximate surface area is 108 Å². The van der Waals surface area contributed by atoms with Crippen molar-refractivity contribution >= 4 is 46.1 Å². The van der Waals surface area contributed by atoms with Crippen molar-refractivity contribution in [2.45, 2.75) is 18.4 Å². The minimum Gasteiger partial charge on any atom is -0.142 e. The Hall–Kier alpha value is 0.650. The summed E-state index contributed by atoms with van der Waals surface area (Å²) in [6.45, 7) is 4.42. The molecule has 0 bridgehead atoms. The molecular formula is C11H13IS2. The van der Waals surface area contributed by atoms with Gasteiger partial charge >= 0.3 is 0 Å². The van der Waals surface area contributed by atoms with E-state index in [0.717, 1.165) is 0 Å². The molecule has 0 amide bonds. The normalized spacial score (nSPS) is 17.6. The van der Waals surface area contributed by atoms with Crippen LogP contribution in [0.15, 0.2) is 12.1 Å². The molecule has 0 aliphatic carbocycles. The molecule has 0 radical (unpaired) electrons. The summed E-state index contributed by atoms with van der Waals surface area (Å²) in [6, 6.07) is 4.70. The van der Waals surface area contributed by atoms with Gasteiger partial charge in [-0.1, -0.05) is 12.1 Å². The van der Waals surface area contributed by atoms with Gasteiger partial charge in [-0.25, -0.2) is 0 Å². The van der Waals surface area contributed by atoms with E-state index in [1.165, 1.54) is 31.8 Å². The average Bonchev–Trinajstić information content (AvgIpc) is 2.66. The Kier molecular flexibility index (Phi) is 3.71. The van der Waals surface area contributed by atoms with Crippen molar-refractivity contribution in [2.24, 2.45) is 0 Å². The number of aryl methyl sites for hydroxylation is 2. The largest absolute Gasteiger partial charge is 0.142 e. The first-order chi connectivity index (χ1) is 6.68. The van der Waals surface area contributed by atoms with E-state index in [9.17, 15) is 0 Å². The van der Waals surface area contributed by atoms with E-state index in [0.29, 0.717) is 4.58 Å². The smallest absolute Gasteiger partial charge is 0.0752 e. The summed E-state index contributed by atoms with van der Waals surface area (Å²) in [5.74, 6) is 2.61. The standard InChI is InChI=1S/C11H13IS2/c1-7-5-9(6-8(2)10(7)12)11-13-3-4-14-11/h5-6,11H,3-4H2,1-2H3. The van der Waals surface area contributed by atoms with Crippen molar-refractivity contribution in [1.29, 1.82) is 0 Å². The van der Waals surface area contributed by atoms with Crippen LogP contribution in [0.5, 0.6) is 0 Å². The van der Waals surface area contributed by atoms with Gasteiger partial charge in [-0.15, -0.1) is 23.5 Å². The number of hydrogen-bond donors (Lipinski definition) is 0. The third-order valence-corrected chi connectivity index (χ3v) is 7.16. The molecule has 2 rings (SSSR count). The molecule has 0 N–H and O–H groups in total. The number of halogens is 1. The molecule has 14 heavy (non-hydrogen) atoms. The second-order valence-electron chi connectivity index (χ2n) is 3.54. The maximum absolute atomic E-state index is 2.44. The second-order valence-corrected chi connectivity index (χ2v) is 7.35. The molecule has 0 unspecified atom stereocenters. The van der Waals surface area contributed by atoms with E-state index in [2.05, 4.69) is 72.1 Å². The Balaban J connectivity index is 2.34. The number of hydrogen-bond acceptors (Lipinski definition) is 2. The second kappa shape index (κ2) is 4.66. The van der Waals surface area contributed by atoms with Gasteiger partial charge in [0.05, 0.1) is 4.58 Å². The third kappa shape index (κ3) is 2.25. The van der Waals surface area contributed by atoms with Crippen molar-refractivity contribution in [3.05, 3.63) is 32.4 Å². The van der Waals surface area contributed by atoms with Crippen molar-refractivity contribution in [3.8, 4) is 0 Å². The molecule has 1 aromatic rings. The minimum absolute atomic E-state index is 0.685. The van der Waals surface area contributed by atoms with E-state index in [1.807, 2.05) is 0 Å². The lowest BCUT2D eigenvalue weighted by atomic mass is 10.1. The molecule has 0 spiro atoms. The van der Waals surface area contributed by atoms with E-state index in [1.54, 1.807) is 0 Å². The highest BCUT2D eigenvalue weighted by atomic mass is 127. The van der Waals surface area contributed by atoms with Gasteiger partial charge in [-0.05, 0) is 53.1 Å². The van der Waals surface area contributed by atoms with Crippen LogP contribution < -0.4 is 0 Å². The molecule has 1 aliphatic heterocycles. The monoisotopic (exact) mass is 336 g/mol. The van der Waals surface area contributed by atoms with E-state index in [4.69, 9.17) is 0 Å². The maximum atomic E-state index is 2.44. The Bertz CT molecular complexity index is 320. The van der Waals surface area contributed by atoms with Crippen LogP contribution in [0.2, 0.25) is 0 Å². The fourth-order valence-corrected chi connectivity index (χ4v) is 4.80. The lowest BCUT2D eigenvalue weighted by molar-refractivity contribution is 1.26. The van der Waals surface area contributed by atoms with Crippen LogP contribution in [0.1, 0.15) is 21.3 Å². The van der Waals surface area contributed by atoms with Gasteiger partial charge in [-0.3, -0.25) is 0 Å². The third-order valence-electron chi connectivity index (χ3n) is 2.35. The lowest BCUT2D eigenvalue weighted by Crippen LogP contribution is -1.92. The molecule has 0 saturated carbocycles. The fourth-order valence-electron chi connectivity index (χ4n) is 1.67. The molecule has 1 heterocycles. The number of rotatable bonds is 1. The molecular weight excluding hydrogens is 323 g/mol. The SMILES string of the molecule is Cc1cc(C2SCCS2)cc(C)c1I. The molecule has 0 atom stereocenters. The van der Waals surface area contributed by atoms with Crippen molar-refractivity contribution in [1.82, 2.24) is 0 Å². The summed E-state index contributed by atoms with van der Waals surface area (Å²) >= 11 is 6.59. The highest BCUT2D eigenvalue weighted by Gasteiger charge is 2.19. The van der Waals surface area contributed by atoms with Crippen LogP contribution in [-0.2, 0) is 0 Å². The van der Waals surface area contributed by atoms with Crippen molar-refractivity contribution < 1.29 is 0 Å². The molecule has 1 aromatic carbocycles. The zero-order valence-electron chi connectivity index (χ0n) is 8.34. The van der Waals surface area contributed by atoms with Crippen LogP contribution in [0.3, 0.4) is 0 Å². The van der Waals surface area contributed by atoms with Crippen LogP contribution in [0, 0.1) is 17.4 Å². The Morgan fingerprint density at radius 3 is 2.14 bits per heavy atom. The number of thioether (sulfide) groups is 2. The molecule has 0 aromatic heterocycles. The van der Waals surface area contributed by atoms with Crippen LogP contribution in [0.25, 0.3) is 0 Å². The van der Waals surface area contributed by atoms with Gasteiger partial charge in [0.25, 0.3) is 0 Å². The highest BCUT2D eigenvalue weighted by molar-refractivity contribution is 14.1. The predicted octanol–water partition coefficient (Wildman–Crippen LogP) is 4.39. The Morgan fingerprint density at radius 2 is 1.64 bits per heavy atom. The first kappa shape index (κ1) is 11.1. The summed E-state index contributed by atoms with van der Waals surface area (Å²) in [4.78, 5) is 0. The van der Waals surface area contributed by atoms with Gasteiger partial charge in [0.15, 0.2) is 0 Å². The maximum Gasteiger partial charge on any atom is 0.0752 e. The summed E-state index contributed by atoms with van der Waals surface area (Å²) < 4.78 is 2.10. The molecule has 1 aliphatic rings. The van der Waals surface area contributed by atoms with Crippen molar-refractivity contribution in [3.63, 3.8) is 0 Å². The summed E-state index contributed by atoms with van der Waals surface area (Å²) in [5, 5.41) is 0. The first-order valence-corrected chi connectivity index (χ1v) is 7.86. The first-order valence-electron chi connectivity index (χ1n) is 4.68. The number of benzene rings is 1. The van der Waals surface area contributed by atoms with Crippen LogP contribution >= 0.6 is 46.1 Å². The summed E-state index contributed by atoms with van der Waals surface area (Å²) in [5.41, 5.74) is 4.36. The highest BCUT2D eigenvalue weighted by Crippen LogP contribution is 2.45. The molecule has 0 nitrogen and oxygen atoms in total. The molecule has 76 valence electrons. The van der Waals surface area contributed by atoms with Gasteiger partial charge in [0.2, 0.25) is 0 Å². The topological polar surface area (TPSA) is 0 Å². The van der Waals surface area contributed by atoms with Crippen LogP contribution in [0.4, 0.5) is 0 Å². The van der Waals surface area contributed by atoms with E-state index in [-0.39, 0.29) is 0 Å². The van der Waals surface area contributed by atoms with Crippen molar-refractivity contribution in [2.75, 3.05) is 11.5 Å². The zero-order valence-corrected chi connectivity index (χ0v) is 12.1. The molecule has 1 fully saturated rings. The minimum atomic E-state index is 0.685. The summed E-state index contributed by atoms with van der Waals surface area (Å²) in [7, 11) is 0. The lowest BCUT2D eigenvalue weighted by Gasteiger charge is -2.12. The summed E-state index contributed by atoms with van der Waals surface area (Å²) in [6.07, 6.45) is 0. The van der Waals surface area contributed by atoms with Gasteiger partial charge in [0.1, 0.15) is 0 Å². The van der Waals surface area contributed by atoms with Gasteiger partial charge in [0, 0.05) is 15.1 Å². The predicted molar refractivity (Wildman–Crippen MR) is 76.3 cm³/mol. The van der Waals surface area contributed by atoms with Gasteiger partial charge in [-0.2, -0.15) is 0 Å². The quantitative estimate of drug-likeness (QED) is 0.698. The molecule has 1 saturated heterocycles. The average molecular weight is 336 g/mol. The Morgan fingerprint density at radius 1 is 1.14 bits per heavy atom. The van der Waals surface area contributed by atoms with E-state index < -0.39 is 0 Å². The van der Waals surface area contributed by atoms with Crippen LogP contribution in [-0.4, -0.2) is 11.5 Å². The van der Waals surface area contributed by atoms with E-state index >= 15 is 0 Å². The molecule has 3 heteroatoms.